The highest BCUT2D eigenvalue weighted by molar-refractivity contribution is 7.16. The summed E-state index contributed by atoms with van der Waals surface area (Å²) in [4.78, 5) is 28.4. The van der Waals surface area contributed by atoms with Crippen LogP contribution in [0.4, 0.5) is 5.69 Å². The summed E-state index contributed by atoms with van der Waals surface area (Å²) in [5.41, 5.74) is 4.58. The Morgan fingerprint density at radius 1 is 1.06 bits per heavy atom. The number of fused-ring (bicyclic) bond motifs is 1. The second-order valence-electron chi connectivity index (χ2n) is 6.86. The smallest absolute Gasteiger partial charge is 0.310 e. The molecular formula is C24H19ClN2O4S. The van der Waals surface area contributed by atoms with Crippen LogP contribution in [0.2, 0.25) is 5.02 Å². The highest BCUT2D eigenvalue weighted by Crippen LogP contribution is 2.31. The number of esters is 1. The fourth-order valence-corrected chi connectivity index (χ4v) is 4.01. The van der Waals surface area contributed by atoms with Crippen molar-refractivity contribution in [1.29, 1.82) is 0 Å². The standard InChI is InChI=1S/C24H19ClN2O4S/c1-2-30-23(28)12-15-3-10-21(19(25)11-15)31-18-7-5-17(6-8-18)27-24(29)16-4-9-20-22(13-16)32-14-26-20/h3-11,13-14H,2,12H2,1H3,(H,27,29). The maximum atomic E-state index is 12.5. The average molecular weight is 467 g/mol. The van der Waals surface area contributed by atoms with Gasteiger partial charge in [-0.05, 0) is 67.1 Å². The lowest BCUT2D eigenvalue weighted by atomic mass is 10.1. The number of anilines is 1. The van der Waals surface area contributed by atoms with Crippen LogP contribution in [0.25, 0.3) is 10.2 Å². The Kier molecular flexibility index (Phi) is 6.68. The summed E-state index contributed by atoms with van der Waals surface area (Å²) < 4.78 is 11.7. The van der Waals surface area contributed by atoms with E-state index in [-0.39, 0.29) is 18.3 Å². The third kappa shape index (κ3) is 5.25. The molecular weight excluding hydrogens is 448 g/mol. The van der Waals surface area contributed by atoms with E-state index in [1.807, 2.05) is 12.1 Å². The molecule has 0 fully saturated rings. The van der Waals surface area contributed by atoms with Crippen molar-refractivity contribution in [3.05, 3.63) is 82.3 Å². The largest absolute Gasteiger partial charge is 0.466 e. The molecule has 0 unspecified atom stereocenters. The molecule has 8 heteroatoms. The number of thiazole rings is 1. The second-order valence-corrected chi connectivity index (χ2v) is 8.16. The number of carbonyl (C=O) groups excluding carboxylic acids is 2. The first-order valence-corrected chi connectivity index (χ1v) is 11.1. The summed E-state index contributed by atoms with van der Waals surface area (Å²) in [5, 5.41) is 3.26. The monoisotopic (exact) mass is 466 g/mol. The van der Waals surface area contributed by atoms with Crippen molar-refractivity contribution in [2.24, 2.45) is 0 Å². The molecule has 0 spiro atoms. The summed E-state index contributed by atoms with van der Waals surface area (Å²) in [6.07, 6.45) is 0.151. The zero-order valence-electron chi connectivity index (χ0n) is 17.1. The predicted octanol–water partition coefficient (Wildman–Crippen LogP) is 6.10. The van der Waals surface area contributed by atoms with Crippen LogP contribution in [0.5, 0.6) is 11.5 Å². The number of ether oxygens (including phenoxy) is 2. The number of carbonyl (C=O) groups is 2. The summed E-state index contributed by atoms with van der Waals surface area (Å²) in [7, 11) is 0. The number of nitrogens with one attached hydrogen (secondary N) is 1. The van der Waals surface area contributed by atoms with Crippen molar-refractivity contribution >= 4 is 50.7 Å². The molecule has 0 bridgehead atoms. The summed E-state index contributed by atoms with van der Waals surface area (Å²) >= 11 is 7.80. The Morgan fingerprint density at radius 2 is 1.88 bits per heavy atom. The molecule has 1 aromatic heterocycles. The number of rotatable bonds is 7. The Morgan fingerprint density at radius 3 is 2.62 bits per heavy atom. The average Bonchev–Trinajstić information content (AvgIpc) is 3.25. The Hall–Kier alpha value is -3.42. The number of nitrogens with zero attached hydrogens (tertiary/aromatic N) is 1. The van der Waals surface area contributed by atoms with Crippen molar-refractivity contribution in [1.82, 2.24) is 4.98 Å². The van der Waals surface area contributed by atoms with Crippen LogP contribution in [-0.4, -0.2) is 23.5 Å². The minimum absolute atomic E-state index is 0.151. The van der Waals surface area contributed by atoms with E-state index in [4.69, 9.17) is 21.1 Å². The van der Waals surface area contributed by atoms with Gasteiger partial charge in [0, 0.05) is 11.3 Å². The SMILES string of the molecule is CCOC(=O)Cc1ccc(Oc2ccc(NC(=O)c3ccc4ncsc4c3)cc2)c(Cl)c1. The minimum atomic E-state index is -0.304. The molecule has 0 aliphatic rings. The number of halogens is 1. The Labute approximate surface area is 193 Å². The van der Waals surface area contributed by atoms with E-state index in [9.17, 15) is 9.59 Å². The van der Waals surface area contributed by atoms with Gasteiger partial charge in [0.15, 0.2) is 0 Å². The number of aromatic nitrogens is 1. The molecule has 1 amide bonds. The molecule has 0 saturated carbocycles. The Bertz CT molecular complexity index is 1270. The van der Waals surface area contributed by atoms with Gasteiger partial charge in [0.2, 0.25) is 0 Å². The first kappa shape index (κ1) is 21.8. The van der Waals surface area contributed by atoms with Crippen molar-refractivity contribution in [2.75, 3.05) is 11.9 Å². The zero-order chi connectivity index (χ0) is 22.5. The van der Waals surface area contributed by atoms with Crippen LogP contribution in [0.1, 0.15) is 22.8 Å². The highest BCUT2D eigenvalue weighted by atomic mass is 35.5. The van der Waals surface area contributed by atoms with Crippen LogP contribution in [-0.2, 0) is 16.0 Å². The van der Waals surface area contributed by atoms with Gasteiger partial charge in [0.25, 0.3) is 5.91 Å². The molecule has 3 aromatic carbocycles. The molecule has 0 aliphatic heterocycles. The van der Waals surface area contributed by atoms with Crippen LogP contribution < -0.4 is 10.1 Å². The molecule has 0 radical (unpaired) electrons. The first-order valence-electron chi connectivity index (χ1n) is 9.88. The van der Waals surface area contributed by atoms with Crippen LogP contribution >= 0.6 is 22.9 Å². The topological polar surface area (TPSA) is 77.5 Å². The predicted molar refractivity (Wildman–Crippen MR) is 126 cm³/mol. The van der Waals surface area contributed by atoms with E-state index >= 15 is 0 Å². The molecule has 1 N–H and O–H groups in total. The number of hydrogen-bond donors (Lipinski definition) is 1. The Balaban J connectivity index is 1.39. The third-order valence-electron chi connectivity index (χ3n) is 4.58. The van der Waals surface area contributed by atoms with Gasteiger partial charge in [-0.1, -0.05) is 17.7 Å². The molecule has 4 aromatic rings. The molecule has 162 valence electrons. The normalized spacial score (nSPS) is 10.7. The van der Waals surface area contributed by atoms with E-state index in [2.05, 4.69) is 10.3 Å². The number of amides is 1. The van der Waals surface area contributed by atoms with Crippen molar-refractivity contribution in [3.63, 3.8) is 0 Å². The van der Waals surface area contributed by atoms with E-state index in [0.717, 1.165) is 15.8 Å². The molecule has 6 nitrogen and oxygen atoms in total. The quantitative estimate of drug-likeness (QED) is 0.333. The lowest BCUT2D eigenvalue weighted by molar-refractivity contribution is -0.142. The molecule has 0 atom stereocenters. The van der Waals surface area contributed by atoms with E-state index in [0.29, 0.717) is 34.4 Å². The highest BCUT2D eigenvalue weighted by Gasteiger charge is 2.10. The zero-order valence-corrected chi connectivity index (χ0v) is 18.7. The lowest BCUT2D eigenvalue weighted by Crippen LogP contribution is -2.11. The van der Waals surface area contributed by atoms with Crippen LogP contribution in [0.15, 0.2) is 66.2 Å². The van der Waals surface area contributed by atoms with Gasteiger partial charge in [-0.3, -0.25) is 9.59 Å². The van der Waals surface area contributed by atoms with Gasteiger partial charge in [0.1, 0.15) is 11.5 Å². The minimum Gasteiger partial charge on any atom is -0.466 e. The van der Waals surface area contributed by atoms with Crippen LogP contribution in [0, 0.1) is 0 Å². The van der Waals surface area contributed by atoms with E-state index < -0.39 is 0 Å². The van der Waals surface area contributed by atoms with Crippen molar-refractivity contribution in [2.45, 2.75) is 13.3 Å². The van der Waals surface area contributed by atoms with E-state index in [1.165, 1.54) is 11.3 Å². The van der Waals surface area contributed by atoms with Crippen LogP contribution in [0.3, 0.4) is 0 Å². The number of benzene rings is 3. The fourth-order valence-electron chi connectivity index (χ4n) is 3.05. The van der Waals surface area contributed by atoms with Gasteiger partial charge in [-0.2, -0.15) is 0 Å². The summed E-state index contributed by atoms with van der Waals surface area (Å²) in [6.45, 7) is 2.10. The summed E-state index contributed by atoms with van der Waals surface area (Å²) in [6, 6.07) is 17.6. The number of hydrogen-bond acceptors (Lipinski definition) is 6. The molecule has 32 heavy (non-hydrogen) atoms. The summed E-state index contributed by atoms with van der Waals surface area (Å²) in [5.74, 6) is 0.527. The lowest BCUT2D eigenvalue weighted by Gasteiger charge is -2.10. The molecule has 1 heterocycles. The molecule has 0 aliphatic carbocycles. The molecule has 4 rings (SSSR count). The maximum absolute atomic E-state index is 12.5. The van der Waals surface area contributed by atoms with Gasteiger partial charge in [-0.25, -0.2) is 4.98 Å². The van der Waals surface area contributed by atoms with Crippen molar-refractivity contribution < 1.29 is 19.1 Å². The van der Waals surface area contributed by atoms with Gasteiger partial charge in [-0.15, -0.1) is 11.3 Å². The fraction of sp³-hybridized carbons (Fsp3) is 0.125. The third-order valence-corrected chi connectivity index (χ3v) is 5.67. The van der Waals surface area contributed by atoms with Gasteiger partial charge < -0.3 is 14.8 Å². The maximum Gasteiger partial charge on any atom is 0.310 e. The molecule has 0 saturated heterocycles. The first-order chi connectivity index (χ1) is 15.5. The van der Waals surface area contributed by atoms with Gasteiger partial charge in [0.05, 0.1) is 33.8 Å². The van der Waals surface area contributed by atoms with Crippen molar-refractivity contribution in [3.8, 4) is 11.5 Å². The van der Waals surface area contributed by atoms with E-state index in [1.54, 1.807) is 61.0 Å². The second kappa shape index (κ2) is 9.80. The van der Waals surface area contributed by atoms with Gasteiger partial charge >= 0.3 is 5.97 Å².